The molecule has 6 nitrogen and oxygen atoms in total. The Labute approximate surface area is 148 Å². The second-order valence-corrected chi connectivity index (χ2v) is 6.18. The molecule has 1 aromatic carbocycles. The minimum absolute atomic E-state index is 0.0686. The summed E-state index contributed by atoms with van der Waals surface area (Å²) in [6.07, 6.45) is 4.42. The van der Waals surface area contributed by atoms with Crippen LogP contribution in [0.4, 0.5) is 11.6 Å². The van der Waals surface area contributed by atoms with E-state index in [0.717, 1.165) is 21.2 Å². The first kappa shape index (κ1) is 17.6. The number of hydrogen-bond acceptors (Lipinski definition) is 5. The molecule has 0 saturated heterocycles. The van der Waals surface area contributed by atoms with E-state index >= 15 is 0 Å². The van der Waals surface area contributed by atoms with Gasteiger partial charge in [-0.15, -0.1) is 0 Å². The fourth-order valence-corrected chi connectivity index (χ4v) is 2.43. The number of carbonyl (C=O) groups excluding carboxylic acids is 1. The van der Waals surface area contributed by atoms with E-state index in [1.165, 1.54) is 6.20 Å². The van der Waals surface area contributed by atoms with Gasteiger partial charge in [-0.2, -0.15) is 5.26 Å². The monoisotopic (exact) mass is 385 g/mol. The lowest BCUT2D eigenvalue weighted by atomic mass is 10.0. The van der Waals surface area contributed by atoms with Crippen LogP contribution in [0.5, 0.6) is 0 Å². The number of nitriles is 1. The van der Waals surface area contributed by atoms with Crippen LogP contribution in [0.2, 0.25) is 0 Å². The number of aryl methyl sites for hydroxylation is 3. The number of carbonyl (C=O) groups is 1. The molecule has 0 unspecified atom stereocenters. The van der Waals surface area contributed by atoms with Crippen molar-refractivity contribution in [2.24, 2.45) is 0 Å². The van der Waals surface area contributed by atoms with Crippen LogP contribution in [-0.4, -0.2) is 15.9 Å². The fraction of sp³-hybridized carbons (Fsp3) is 0.176. The molecule has 1 amide bonds. The summed E-state index contributed by atoms with van der Waals surface area (Å²) in [6, 6.07) is 5.83. The van der Waals surface area contributed by atoms with Gasteiger partial charge in [-0.25, -0.2) is 9.97 Å². The molecular weight excluding hydrogens is 370 g/mol. The largest absolute Gasteiger partial charge is 0.329 e. The highest BCUT2D eigenvalue weighted by Crippen LogP contribution is 2.22. The van der Waals surface area contributed by atoms with Crippen LogP contribution in [0.25, 0.3) is 0 Å². The van der Waals surface area contributed by atoms with Crippen molar-refractivity contribution in [3.63, 3.8) is 0 Å². The summed E-state index contributed by atoms with van der Waals surface area (Å²) in [5.41, 5.74) is 3.66. The maximum Gasteiger partial charge on any atom is 0.267 e. The normalized spacial score (nSPS) is 10.9. The molecule has 0 aliphatic rings. The zero-order valence-corrected chi connectivity index (χ0v) is 15.1. The number of rotatable bonds is 4. The summed E-state index contributed by atoms with van der Waals surface area (Å²) in [6.45, 7) is 5.83. The highest BCUT2D eigenvalue weighted by Gasteiger charge is 2.13. The molecule has 1 aromatic heterocycles. The summed E-state index contributed by atoms with van der Waals surface area (Å²) in [7, 11) is 0. The summed E-state index contributed by atoms with van der Waals surface area (Å²) in [5, 5.41) is 14.7. The highest BCUT2D eigenvalue weighted by atomic mass is 79.9. The van der Waals surface area contributed by atoms with Crippen LogP contribution < -0.4 is 10.6 Å². The van der Waals surface area contributed by atoms with Crippen molar-refractivity contribution < 1.29 is 4.79 Å². The summed E-state index contributed by atoms with van der Waals surface area (Å²) >= 11 is 3.23. The zero-order chi connectivity index (χ0) is 17.7. The van der Waals surface area contributed by atoms with Gasteiger partial charge >= 0.3 is 0 Å². The molecule has 0 aliphatic carbocycles. The van der Waals surface area contributed by atoms with E-state index in [0.29, 0.717) is 11.6 Å². The molecule has 0 radical (unpaired) electrons. The first-order chi connectivity index (χ1) is 11.4. The molecule has 2 rings (SSSR count). The van der Waals surface area contributed by atoms with Crippen molar-refractivity contribution in [1.82, 2.24) is 9.97 Å². The predicted molar refractivity (Wildman–Crippen MR) is 96.3 cm³/mol. The number of aromatic nitrogens is 2. The maximum absolute atomic E-state index is 12.3. The van der Waals surface area contributed by atoms with Crippen molar-refractivity contribution in [3.05, 3.63) is 57.5 Å². The minimum Gasteiger partial charge on any atom is -0.329 e. The van der Waals surface area contributed by atoms with Gasteiger partial charge in [0.05, 0.1) is 4.47 Å². The lowest BCUT2D eigenvalue weighted by Gasteiger charge is -2.12. The van der Waals surface area contributed by atoms with Crippen molar-refractivity contribution in [2.45, 2.75) is 20.8 Å². The lowest BCUT2D eigenvalue weighted by Crippen LogP contribution is -2.16. The second kappa shape index (κ2) is 7.70. The Bertz CT molecular complexity index is 814. The van der Waals surface area contributed by atoms with Crippen LogP contribution in [0, 0.1) is 32.1 Å². The average Bonchev–Trinajstić information content (AvgIpc) is 2.53. The SMILES string of the molecule is Cc1cc(C)c(NC(=O)/C(C#N)=C\Nc2ncc(Br)cn2)c(C)c1. The smallest absolute Gasteiger partial charge is 0.267 e. The molecule has 0 saturated carbocycles. The first-order valence-electron chi connectivity index (χ1n) is 7.14. The van der Waals surface area contributed by atoms with Crippen molar-refractivity contribution in [2.75, 3.05) is 10.6 Å². The van der Waals surface area contributed by atoms with Crippen LogP contribution in [0.15, 0.2) is 40.8 Å². The van der Waals surface area contributed by atoms with Crippen molar-refractivity contribution in [1.29, 1.82) is 5.26 Å². The summed E-state index contributed by atoms with van der Waals surface area (Å²) in [5.74, 6) is -0.196. The van der Waals surface area contributed by atoms with Gasteiger partial charge in [0.1, 0.15) is 11.6 Å². The molecule has 7 heteroatoms. The van der Waals surface area contributed by atoms with Gasteiger partial charge in [0.25, 0.3) is 5.91 Å². The first-order valence-corrected chi connectivity index (χ1v) is 7.93. The standard InChI is InChI=1S/C17H16BrN5O/c1-10-4-11(2)15(12(3)5-10)23-16(24)13(6-19)7-20-17-21-8-14(18)9-22-17/h4-5,7-9H,1-3H3,(H,23,24)(H,20,21,22)/b13-7-. The van der Waals surface area contributed by atoms with E-state index in [1.54, 1.807) is 12.4 Å². The van der Waals surface area contributed by atoms with Crippen molar-refractivity contribution in [3.8, 4) is 6.07 Å². The van der Waals surface area contributed by atoms with Crippen molar-refractivity contribution >= 4 is 33.5 Å². The number of nitrogens with zero attached hydrogens (tertiary/aromatic N) is 3. The Balaban J connectivity index is 2.16. The molecule has 2 aromatic rings. The Hall–Kier alpha value is -2.72. The average molecular weight is 386 g/mol. The molecule has 122 valence electrons. The van der Waals surface area contributed by atoms with Crippen LogP contribution in [0.3, 0.4) is 0 Å². The van der Waals surface area contributed by atoms with Gasteiger partial charge in [-0.1, -0.05) is 17.7 Å². The quantitative estimate of drug-likeness (QED) is 0.619. The number of benzene rings is 1. The number of nitrogens with one attached hydrogen (secondary N) is 2. The Morgan fingerprint density at radius 3 is 2.33 bits per heavy atom. The third-order valence-corrected chi connectivity index (χ3v) is 3.66. The van der Waals surface area contributed by atoms with Gasteiger partial charge in [0.15, 0.2) is 0 Å². The summed E-state index contributed by atoms with van der Waals surface area (Å²) in [4.78, 5) is 20.3. The minimum atomic E-state index is -0.489. The topological polar surface area (TPSA) is 90.7 Å². The Kier molecular flexibility index (Phi) is 5.66. The fourth-order valence-electron chi connectivity index (χ4n) is 2.23. The van der Waals surface area contributed by atoms with Gasteiger partial charge in [0, 0.05) is 24.3 Å². The number of halogens is 1. The van der Waals surface area contributed by atoms with Crippen LogP contribution >= 0.6 is 15.9 Å². The van der Waals surface area contributed by atoms with E-state index in [9.17, 15) is 10.1 Å². The van der Waals surface area contributed by atoms with E-state index in [2.05, 4.69) is 36.5 Å². The Morgan fingerprint density at radius 1 is 1.21 bits per heavy atom. The van der Waals surface area contributed by atoms with Crippen LogP contribution in [-0.2, 0) is 4.79 Å². The van der Waals surface area contributed by atoms with E-state index < -0.39 is 5.91 Å². The van der Waals surface area contributed by atoms with Gasteiger partial charge in [0.2, 0.25) is 5.95 Å². The summed E-state index contributed by atoms with van der Waals surface area (Å²) < 4.78 is 0.737. The molecular formula is C17H16BrN5O. The van der Waals surface area contributed by atoms with Gasteiger partial charge in [-0.05, 0) is 47.8 Å². The molecule has 24 heavy (non-hydrogen) atoms. The predicted octanol–water partition coefficient (Wildman–Crippen LogP) is 3.62. The molecule has 0 aliphatic heterocycles. The second-order valence-electron chi connectivity index (χ2n) is 5.27. The van der Waals surface area contributed by atoms with E-state index in [-0.39, 0.29) is 5.57 Å². The number of hydrogen-bond donors (Lipinski definition) is 2. The zero-order valence-electron chi connectivity index (χ0n) is 13.5. The molecule has 2 N–H and O–H groups in total. The third-order valence-electron chi connectivity index (χ3n) is 3.25. The van der Waals surface area contributed by atoms with Gasteiger partial charge in [-0.3, -0.25) is 4.79 Å². The number of anilines is 2. The maximum atomic E-state index is 12.3. The molecule has 0 fully saturated rings. The molecule has 0 bridgehead atoms. The molecule has 1 heterocycles. The van der Waals surface area contributed by atoms with Gasteiger partial charge < -0.3 is 10.6 Å². The number of amides is 1. The molecule has 0 atom stereocenters. The van der Waals surface area contributed by atoms with E-state index in [1.807, 2.05) is 39.0 Å². The highest BCUT2D eigenvalue weighted by molar-refractivity contribution is 9.10. The van der Waals surface area contributed by atoms with E-state index in [4.69, 9.17) is 0 Å². The Morgan fingerprint density at radius 2 is 1.79 bits per heavy atom. The molecule has 0 spiro atoms. The van der Waals surface area contributed by atoms with Crippen LogP contribution in [0.1, 0.15) is 16.7 Å². The third kappa shape index (κ3) is 4.40. The lowest BCUT2D eigenvalue weighted by molar-refractivity contribution is -0.112.